The molecule has 140 valence electrons. The second-order valence-electron chi connectivity index (χ2n) is 6.97. The highest BCUT2D eigenvalue weighted by Crippen LogP contribution is 2.27. The second kappa shape index (κ2) is 7.19. The van der Waals surface area contributed by atoms with E-state index in [9.17, 15) is 4.79 Å². The van der Waals surface area contributed by atoms with Gasteiger partial charge in [0.1, 0.15) is 5.52 Å². The van der Waals surface area contributed by atoms with Crippen LogP contribution in [0.1, 0.15) is 15.9 Å². The number of carbonyl (C=O) groups excluding carboxylic acids is 1. The minimum Gasteiger partial charge on any atom is -0.436 e. The number of aromatic nitrogens is 1. The van der Waals surface area contributed by atoms with Gasteiger partial charge in [-0.05, 0) is 61.5 Å². The van der Waals surface area contributed by atoms with Crippen molar-refractivity contribution in [1.82, 2.24) is 4.98 Å². The van der Waals surface area contributed by atoms with E-state index >= 15 is 0 Å². The molecule has 0 unspecified atom stereocenters. The molecule has 0 bridgehead atoms. The second-order valence-corrected chi connectivity index (χ2v) is 6.97. The Morgan fingerprint density at radius 2 is 1.79 bits per heavy atom. The van der Waals surface area contributed by atoms with Crippen LogP contribution in [-0.2, 0) is 0 Å². The zero-order valence-corrected chi connectivity index (χ0v) is 16.1. The van der Waals surface area contributed by atoms with E-state index in [-0.39, 0.29) is 5.91 Å². The Balaban J connectivity index is 1.58. The minimum absolute atomic E-state index is 0.147. The van der Waals surface area contributed by atoms with Crippen molar-refractivity contribution in [3.05, 3.63) is 77.9 Å². The monoisotopic (exact) mass is 371 g/mol. The van der Waals surface area contributed by atoms with Crippen LogP contribution in [0, 0.1) is 6.92 Å². The van der Waals surface area contributed by atoms with Crippen molar-refractivity contribution < 1.29 is 9.21 Å². The average Bonchev–Trinajstić information content (AvgIpc) is 3.11. The van der Waals surface area contributed by atoms with E-state index in [4.69, 9.17) is 4.42 Å². The van der Waals surface area contributed by atoms with E-state index in [1.54, 1.807) is 6.07 Å². The van der Waals surface area contributed by atoms with Crippen LogP contribution in [0.25, 0.3) is 22.6 Å². The first-order valence-corrected chi connectivity index (χ1v) is 9.06. The van der Waals surface area contributed by atoms with Gasteiger partial charge in [-0.25, -0.2) is 4.98 Å². The fraction of sp³-hybridized carbons (Fsp3) is 0.130. The highest BCUT2D eigenvalue weighted by Gasteiger charge is 2.11. The number of nitrogens with zero attached hydrogens (tertiary/aromatic N) is 2. The third-order valence-electron chi connectivity index (χ3n) is 4.56. The molecule has 0 saturated heterocycles. The summed E-state index contributed by atoms with van der Waals surface area (Å²) in [7, 11) is 4.00. The quantitative estimate of drug-likeness (QED) is 0.541. The molecule has 1 heterocycles. The molecule has 4 rings (SSSR count). The van der Waals surface area contributed by atoms with Crippen molar-refractivity contribution in [3.63, 3.8) is 0 Å². The van der Waals surface area contributed by atoms with Crippen LogP contribution in [0.4, 0.5) is 11.4 Å². The van der Waals surface area contributed by atoms with Crippen molar-refractivity contribution in [2.45, 2.75) is 6.92 Å². The van der Waals surface area contributed by atoms with Crippen molar-refractivity contribution in [2.24, 2.45) is 0 Å². The van der Waals surface area contributed by atoms with Crippen LogP contribution in [0.2, 0.25) is 0 Å². The molecule has 4 aromatic rings. The molecular formula is C23H21N3O2. The summed E-state index contributed by atoms with van der Waals surface area (Å²) in [5.74, 6) is 0.411. The summed E-state index contributed by atoms with van der Waals surface area (Å²) < 4.78 is 5.88. The third kappa shape index (κ3) is 3.60. The molecule has 5 nitrogen and oxygen atoms in total. The van der Waals surface area contributed by atoms with E-state index in [1.807, 2.05) is 86.6 Å². The molecule has 0 aliphatic heterocycles. The van der Waals surface area contributed by atoms with Crippen LogP contribution >= 0.6 is 0 Å². The number of amides is 1. The predicted molar refractivity (Wildman–Crippen MR) is 113 cm³/mol. The molecule has 0 spiro atoms. The van der Waals surface area contributed by atoms with Gasteiger partial charge in [-0.1, -0.05) is 17.7 Å². The maximum atomic E-state index is 12.5. The summed E-state index contributed by atoms with van der Waals surface area (Å²) in [5, 5.41) is 2.92. The Kier molecular flexibility index (Phi) is 4.57. The van der Waals surface area contributed by atoms with Crippen LogP contribution in [0.5, 0.6) is 0 Å². The SMILES string of the molecule is Cc1cccc(C(=O)Nc2ccc3oc(-c4ccc(N(C)C)cc4)nc3c2)c1. The van der Waals surface area contributed by atoms with Crippen molar-refractivity contribution in [1.29, 1.82) is 0 Å². The van der Waals surface area contributed by atoms with E-state index in [0.29, 0.717) is 28.2 Å². The lowest BCUT2D eigenvalue weighted by Gasteiger charge is -2.11. The molecule has 0 radical (unpaired) electrons. The number of benzene rings is 3. The van der Waals surface area contributed by atoms with Crippen molar-refractivity contribution in [3.8, 4) is 11.5 Å². The normalized spacial score (nSPS) is 10.8. The highest BCUT2D eigenvalue weighted by molar-refractivity contribution is 6.05. The number of hydrogen-bond donors (Lipinski definition) is 1. The van der Waals surface area contributed by atoms with Crippen molar-refractivity contribution >= 4 is 28.4 Å². The number of carbonyl (C=O) groups is 1. The Morgan fingerprint density at radius 3 is 2.50 bits per heavy atom. The lowest BCUT2D eigenvalue weighted by Crippen LogP contribution is -2.11. The Hall–Kier alpha value is -3.60. The summed E-state index contributed by atoms with van der Waals surface area (Å²) in [5.41, 5.74) is 5.76. The fourth-order valence-electron chi connectivity index (χ4n) is 3.02. The number of aryl methyl sites for hydroxylation is 1. The van der Waals surface area contributed by atoms with Crippen LogP contribution in [-0.4, -0.2) is 25.0 Å². The van der Waals surface area contributed by atoms with Crippen LogP contribution in [0.15, 0.2) is 71.1 Å². The lowest BCUT2D eigenvalue weighted by atomic mass is 10.1. The van der Waals surface area contributed by atoms with E-state index in [2.05, 4.69) is 10.3 Å². The molecule has 0 fully saturated rings. The topological polar surface area (TPSA) is 58.4 Å². The lowest BCUT2D eigenvalue weighted by molar-refractivity contribution is 0.102. The van der Waals surface area contributed by atoms with Gasteiger partial charge in [0.25, 0.3) is 5.91 Å². The average molecular weight is 371 g/mol. The molecule has 1 aromatic heterocycles. The number of hydrogen-bond acceptors (Lipinski definition) is 4. The van der Waals surface area contributed by atoms with E-state index in [0.717, 1.165) is 16.8 Å². The predicted octanol–water partition coefficient (Wildman–Crippen LogP) is 5.12. The summed E-state index contributed by atoms with van der Waals surface area (Å²) in [6, 6.07) is 21.0. The van der Waals surface area contributed by atoms with Gasteiger partial charge in [0.15, 0.2) is 5.58 Å². The number of nitrogens with one attached hydrogen (secondary N) is 1. The highest BCUT2D eigenvalue weighted by atomic mass is 16.3. The molecule has 0 saturated carbocycles. The van der Waals surface area contributed by atoms with Crippen LogP contribution < -0.4 is 10.2 Å². The number of anilines is 2. The van der Waals surface area contributed by atoms with Gasteiger partial charge in [0.05, 0.1) is 0 Å². The Morgan fingerprint density at radius 1 is 1.00 bits per heavy atom. The van der Waals surface area contributed by atoms with Gasteiger partial charge in [-0.2, -0.15) is 0 Å². The standard InChI is InChI=1S/C23H21N3O2/c1-15-5-4-6-17(13-15)22(27)24-18-9-12-21-20(14-18)25-23(28-21)16-7-10-19(11-8-16)26(2)3/h4-14H,1-3H3,(H,24,27). The smallest absolute Gasteiger partial charge is 0.255 e. The first kappa shape index (κ1) is 17.8. The van der Waals surface area contributed by atoms with Gasteiger partial charge in [-0.3, -0.25) is 4.79 Å². The molecule has 0 atom stereocenters. The summed E-state index contributed by atoms with van der Waals surface area (Å²) in [6.45, 7) is 1.96. The van der Waals surface area contributed by atoms with Crippen LogP contribution in [0.3, 0.4) is 0 Å². The third-order valence-corrected chi connectivity index (χ3v) is 4.56. The fourth-order valence-corrected chi connectivity index (χ4v) is 3.02. The minimum atomic E-state index is -0.147. The molecule has 0 aliphatic rings. The van der Waals surface area contributed by atoms with Gasteiger partial charge in [-0.15, -0.1) is 0 Å². The molecular weight excluding hydrogens is 350 g/mol. The zero-order chi connectivity index (χ0) is 19.7. The first-order chi connectivity index (χ1) is 13.5. The van der Waals surface area contributed by atoms with Gasteiger partial charge >= 0.3 is 0 Å². The molecule has 5 heteroatoms. The Bertz CT molecular complexity index is 1140. The Labute approximate surface area is 163 Å². The number of oxazole rings is 1. The van der Waals surface area contributed by atoms with Crippen molar-refractivity contribution in [2.75, 3.05) is 24.3 Å². The molecule has 1 N–H and O–H groups in total. The maximum Gasteiger partial charge on any atom is 0.255 e. The number of rotatable bonds is 4. The maximum absolute atomic E-state index is 12.5. The first-order valence-electron chi connectivity index (χ1n) is 9.06. The molecule has 3 aromatic carbocycles. The number of fused-ring (bicyclic) bond motifs is 1. The molecule has 28 heavy (non-hydrogen) atoms. The summed E-state index contributed by atoms with van der Waals surface area (Å²) >= 11 is 0. The zero-order valence-electron chi connectivity index (χ0n) is 16.1. The summed E-state index contributed by atoms with van der Waals surface area (Å²) in [6.07, 6.45) is 0. The largest absolute Gasteiger partial charge is 0.436 e. The van der Waals surface area contributed by atoms with E-state index in [1.165, 1.54) is 0 Å². The molecule has 1 amide bonds. The summed E-state index contributed by atoms with van der Waals surface area (Å²) in [4.78, 5) is 19.1. The van der Waals surface area contributed by atoms with E-state index < -0.39 is 0 Å². The van der Waals surface area contributed by atoms with Gasteiger partial charge in [0.2, 0.25) is 5.89 Å². The molecule has 0 aliphatic carbocycles. The van der Waals surface area contributed by atoms with Gasteiger partial charge in [0, 0.05) is 36.6 Å². The van der Waals surface area contributed by atoms with Gasteiger partial charge < -0.3 is 14.6 Å².